The van der Waals surface area contributed by atoms with E-state index in [1.807, 2.05) is 0 Å². The number of hydrogen-bond acceptors (Lipinski definition) is 2. The van der Waals surface area contributed by atoms with E-state index in [0.717, 1.165) is 23.9 Å². The van der Waals surface area contributed by atoms with Gasteiger partial charge in [0.15, 0.2) is 0 Å². The van der Waals surface area contributed by atoms with Crippen molar-refractivity contribution in [2.75, 3.05) is 5.32 Å². The van der Waals surface area contributed by atoms with Crippen LogP contribution in [0.4, 0.5) is 14.5 Å². The van der Waals surface area contributed by atoms with E-state index in [0.29, 0.717) is 14.9 Å². The molecule has 2 rings (SSSR count). The van der Waals surface area contributed by atoms with Gasteiger partial charge in [0.2, 0.25) is 5.91 Å². The van der Waals surface area contributed by atoms with Crippen LogP contribution in [0.2, 0.25) is 10.0 Å². The van der Waals surface area contributed by atoms with Crippen LogP contribution in [-0.2, 0) is 4.79 Å². The lowest BCUT2D eigenvalue weighted by molar-refractivity contribution is -0.115. The summed E-state index contributed by atoms with van der Waals surface area (Å²) < 4.78 is 27.1. The second-order valence-electron chi connectivity index (χ2n) is 4.40. The summed E-state index contributed by atoms with van der Waals surface area (Å²) in [5.41, 5.74) is -0.467. The Hall–Kier alpha value is -1.30. The van der Waals surface area contributed by atoms with Gasteiger partial charge in [-0.2, -0.15) is 0 Å². The van der Waals surface area contributed by atoms with E-state index in [1.54, 1.807) is 25.1 Å². The topological polar surface area (TPSA) is 29.1 Å². The molecular weight excluding hydrogens is 351 g/mol. The minimum atomic E-state index is -0.832. The van der Waals surface area contributed by atoms with Crippen LogP contribution in [-0.4, -0.2) is 11.2 Å². The number of benzene rings is 2. The Bertz CT molecular complexity index is 671. The van der Waals surface area contributed by atoms with Gasteiger partial charge in [-0.15, -0.1) is 11.8 Å². The Morgan fingerprint density at radius 3 is 2.14 bits per heavy atom. The fourth-order valence-corrected chi connectivity index (χ4v) is 3.21. The highest BCUT2D eigenvalue weighted by atomic mass is 35.5. The fraction of sp³-hybridized carbons (Fsp3) is 0.133. The molecule has 0 spiro atoms. The summed E-state index contributed by atoms with van der Waals surface area (Å²) >= 11 is 13.2. The molecule has 0 aliphatic carbocycles. The Balaban J connectivity index is 2.13. The molecular formula is C15H11Cl2F2NOS. The van der Waals surface area contributed by atoms with Gasteiger partial charge in [0.1, 0.15) is 17.3 Å². The van der Waals surface area contributed by atoms with Gasteiger partial charge < -0.3 is 5.32 Å². The third-order valence-electron chi connectivity index (χ3n) is 2.79. The van der Waals surface area contributed by atoms with Crippen LogP contribution in [0, 0.1) is 11.6 Å². The summed E-state index contributed by atoms with van der Waals surface area (Å²) in [7, 11) is 0. The van der Waals surface area contributed by atoms with Gasteiger partial charge in [0.25, 0.3) is 0 Å². The molecule has 0 bridgehead atoms. The number of nitrogens with one attached hydrogen (secondary N) is 1. The van der Waals surface area contributed by atoms with Crippen molar-refractivity contribution in [3.8, 4) is 0 Å². The summed E-state index contributed by atoms with van der Waals surface area (Å²) in [6.07, 6.45) is 0. The summed E-state index contributed by atoms with van der Waals surface area (Å²) in [6, 6.07) is 8.35. The monoisotopic (exact) mass is 361 g/mol. The zero-order chi connectivity index (χ0) is 16.3. The molecule has 2 nitrogen and oxygen atoms in total. The molecule has 0 aliphatic rings. The molecule has 1 N–H and O–H groups in total. The third kappa shape index (κ3) is 3.91. The fourth-order valence-electron chi connectivity index (χ4n) is 1.67. The summed E-state index contributed by atoms with van der Waals surface area (Å²) in [5.74, 6) is -2.22. The largest absolute Gasteiger partial charge is 0.320 e. The van der Waals surface area contributed by atoms with Gasteiger partial charge in [0, 0.05) is 4.90 Å². The van der Waals surface area contributed by atoms with Crippen molar-refractivity contribution in [2.45, 2.75) is 17.1 Å². The molecule has 0 aromatic heterocycles. The first-order valence-corrected chi connectivity index (χ1v) is 7.89. The quantitative estimate of drug-likeness (QED) is 0.739. The summed E-state index contributed by atoms with van der Waals surface area (Å²) in [5, 5.41) is 2.42. The van der Waals surface area contributed by atoms with Crippen LogP contribution in [0.1, 0.15) is 6.92 Å². The van der Waals surface area contributed by atoms with E-state index in [1.165, 1.54) is 6.07 Å². The maximum atomic E-state index is 13.5. The van der Waals surface area contributed by atoms with E-state index in [-0.39, 0.29) is 0 Å². The van der Waals surface area contributed by atoms with E-state index in [4.69, 9.17) is 23.2 Å². The number of anilines is 1. The number of carbonyl (C=O) groups is 1. The summed E-state index contributed by atoms with van der Waals surface area (Å²) in [6.45, 7) is 1.60. The molecule has 2 aromatic carbocycles. The van der Waals surface area contributed by atoms with Crippen LogP contribution >= 0.6 is 35.0 Å². The van der Waals surface area contributed by atoms with Gasteiger partial charge in [0.05, 0.1) is 15.3 Å². The van der Waals surface area contributed by atoms with Crippen molar-refractivity contribution in [3.05, 3.63) is 58.1 Å². The lowest BCUT2D eigenvalue weighted by atomic mass is 10.3. The van der Waals surface area contributed by atoms with Crippen LogP contribution < -0.4 is 5.32 Å². The van der Waals surface area contributed by atoms with E-state index >= 15 is 0 Å². The maximum absolute atomic E-state index is 13.5. The molecule has 0 saturated heterocycles. The molecule has 1 atom stereocenters. The molecule has 0 radical (unpaired) electrons. The molecule has 116 valence electrons. The number of carbonyl (C=O) groups excluding carboxylic acids is 1. The van der Waals surface area contributed by atoms with Crippen LogP contribution in [0.3, 0.4) is 0 Å². The minimum Gasteiger partial charge on any atom is -0.320 e. The normalized spacial score (nSPS) is 12.0. The zero-order valence-electron chi connectivity index (χ0n) is 11.4. The highest BCUT2D eigenvalue weighted by Crippen LogP contribution is 2.36. The minimum absolute atomic E-state index is 0.411. The highest BCUT2D eigenvalue weighted by Gasteiger charge is 2.20. The molecule has 7 heteroatoms. The van der Waals surface area contributed by atoms with Crippen LogP contribution in [0.15, 0.2) is 41.3 Å². The molecule has 0 saturated carbocycles. The Morgan fingerprint density at radius 2 is 1.59 bits per heavy atom. The van der Waals surface area contributed by atoms with Gasteiger partial charge >= 0.3 is 0 Å². The molecule has 22 heavy (non-hydrogen) atoms. The number of amides is 1. The Morgan fingerprint density at radius 1 is 1.09 bits per heavy atom. The van der Waals surface area contributed by atoms with Crippen molar-refractivity contribution >= 4 is 46.6 Å². The van der Waals surface area contributed by atoms with Crippen molar-refractivity contribution in [1.29, 1.82) is 0 Å². The van der Waals surface area contributed by atoms with Crippen molar-refractivity contribution in [1.82, 2.24) is 0 Å². The lowest BCUT2D eigenvalue weighted by Gasteiger charge is -2.14. The average molecular weight is 362 g/mol. The first-order chi connectivity index (χ1) is 10.4. The highest BCUT2D eigenvalue weighted by molar-refractivity contribution is 8.00. The number of para-hydroxylation sites is 1. The van der Waals surface area contributed by atoms with Gasteiger partial charge in [-0.1, -0.05) is 35.3 Å². The smallest absolute Gasteiger partial charge is 0.237 e. The Kier molecular flexibility index (Phi) is 5.67. The Labute approximate surface area is 140 Å². The number of halogens is 4. The first-order valence-electron chi connectivity index (χ1n) is 6.25. The second-order valence-corrected chi connectivity index (χ2v) is 6.56. The molecule has 1 amide bonds. The van der Waals surface area contributed by atoms with E-state index in [2.05, 4.69) is 5.32 Å². The van der Waals surface area contributed by atoms with Gasteiger partial charge in [-0.3, -0.25) is 4.79 Å². The molecule has 2 aromatic rings. The van der Waals surface area contributed by atoms with Gasteiger partial charge in [-0.05, 0) is 31.2 Å². The van der Waals surface area contributed by atoms with Crippen molar-refractivity contribution in [2.24, 2.45) is 0 Å². The first kappa shape index (κ1) is 17.1. The SMILES string of the molecule is CC(Sc1c(Cl)cccc1Cl)C(=O)Nc1c(F)cccc1F. The third-order valence-corrected chi connectivity index (χ3v) is 4.89. The predicted molar refractivity (Wildman–Crippen MR) is 86.8 cm³/mol. The molecule has 1 unspecified atom stereocenters. The maximum Gasteiger partial charge on any atom is 0.237 e. The molecule has 0 heterocycles. The lowest BCUT2D eigenvalue weighted by Crippen LogP contribution is -2.23. The molecule has 0 aliphatic heterocycles. The molecule has 0 fully saturated rings. The standard InChI is InChI=1S/C15H11Cl2F2NOS/c1-8(22-14-9(16)4-2-5-10(14)17)15(21)20-13-11(18)6-3-7-12(13)19/h2-8H,1H3,(H,20,21). The van der Waals surface area contributed by atoms with E-state index in [9.17, 15) is 13.6 Å². The second kappa shape index (κ2) is 7.31. The number of rotatable bonds is 4. The van der Waals surface area contributed by atoms with Gasteiger partial charge in [-0.25, -0.2) is 8.78 Å². The van der Waals surface area contributed by atoms with Crippen LogP contribution in [0.25, 0.3) is 0 Å². The number of hydrogen-bond donors (Lipinski definition) is 1. The van der Waals surface area contributed by atoms with E-state index < -0.39 is 28.5 Å². The average Bonchev–Trinajstić information content (AvgIpc) is 2.46. The number of thioether (sulfide) groups is 1. The summed E-state index contributed by atoms with van der Waals surface area (Å²) in [4.78, 5) is 12.6. The predicted octanol–water partition coefficient (Wildman–Crippen LogP) is 5.39. The van der Waals surface area contributed by atoms with Crippen molar-refractivity contribution in [3.63, 3.8) is 0 Å². The van der Waals surface area contributed by atoms with Crippen molar-refractivity contribution < 1.29 is 13.6 Å². The zero-order valence-corrected chi connectivity index (χ0v) is 13.7. The van der Waals surface area contributed by atoms with Crippen LogP contribution in [0.5, 0.6) is 0 Å².